The molecule has 26 heavy (non-hydrogen) atoms. The first-order chi connectivity index (χ1) is 12.5. The summed E-state index contributed by atoms with van der Waals surface area (Å²) in [5, 5.41) is 27.5. The molecule has 0 aliphatic heterocycles. The average molecular weight is 352 g/mol. The van der Waals surface area contributed by atoms with E-state index in [2.05, 4.69) is 14.7 Å². The number of rotatable bonds is 6. The second-order valence-electron chi connectivity index (χ2n) is 4.90. The summed E-state index contributed by atoms with van der Waals surface area (Å²) in [6.45, 7) is -0.437. The number of aromatic hydroxyl groups is 1. The Bertz CT molecular complexity index is 912. The van der Waals surface area contributed by atoms with Crippen molar-refractivity contribution in [1.82, 2.24) is 9.97 Å². The molecule has 0 spiro atoms. The Labute approximate surface area is 148 Å². The summed E-state index contributed by atoms with van der Waals surface area (Å²) in [7, 11) is 1.14. The summed E-state index contributed by atoms with van der Waals surface area (Å²) in [4.78, 5) is 31.4. The maximum atomic E-state index is 12.2. The van der Waals surface area contributed by atoms with E-state index in [1.54, 1.807) is 12.1 Å². The molecule has 1 unspecified atom stereocenters. The van der Waals surface area contributed by atoms with E-state index in [1.807, 2.05) is 0 Å². The van der Waals surface area contributed by atoms with E-state index in [4.69, 9.17) is 10.00 Å². The summed E-state index contributed by atoms with van der Waals surface area (Å²) >= 11 is 0. The number of ketones is 1. The Morgan fingerprint density at radius 2 is 1.96 bits per heavy atom. The Kier molecular flexibility index (Phi) is 5.80. The van der Waals surface area contributed by atoms with Crippen LogP contribution in [0.5, 0.6) is 11.5 Å². The van der Waals surface area contributed by atoms with Crippen molar-refractivity contribution in [1.29, 1.82) is 10.5 Å². The van der Waals surface area contributed by atoms with Crippen LogP contribution in [0.25, 0.3) is 0 Å². The molecular formula is C17H12N4O5. The van der Waals surface area contributed by atoms with E-state index in [1.165, 1.54) is 24.3 Å². The van der Waals surface area contributed by atoms with Gasteiger partial charge in [0.2, 0.25) is 0 Å². The minimum atomic E-state index is -1.37. The quantitative estimate of drug-likeness (QED) is 0.754. The molecule has 2 rings (SSSR count). The van der Waals surface area contributed by atoms with Crippen LogP contribution < -0.4 is 4.74 Å². The van der Waals surface area contributed by atoms with Gasteiger partial charge in [0.1, 0.15) is 29.7 Å². The van der Waals surface area contributed by atoms with Crippen molar-refractivity contribution in [3.63, 3.8) is 0 Å². The predicted octanol–water partition coefficient (Wildman–Crippen LogP) is 1.10. The molecule has 130 valence electrons. The summed E-state index contributed by atoms with van der Waals surface area (Å²) < 4.78 is 9.77. The van der Waals surface area contributed by atoms with Crippen molar-refractivity contribution < 1.29 is 24.2 Å². The zero-order chi connectivity index (χ0) is 19.1. The Morgan fingerprint density at radius 1 is 1.27 bits per heavy atom. The van der Waals surface area contributed by atoms with Gasteiger partial charge in [-0.05, 0) is 24.3 Å². The molecule has 1 heterocycles. The van der Waals surface area contributed by atoms with Gasteiger partial charge in [-0.2, -0.15) is 10.5 Å². The lowest BCUT2D eigenvalue weighted by molar-refractivity contribution is -0.121. The topological polar surface area (TPSA) is 146 Å². The number of phenols is 1. The van der Waals surface area contributed by atoms with E-state index in [9.17, 15) is 20.0 Å². The lowest BCUT2D eigenvalue weighted by Gasteiger charge is -2.10. The predicted molar refractivity (Wildman–Crippen MR) is 85.0 cm³/mol. The van der Waals surface area contributed by atoms with Gasteiger partial charge >= 0.3 is 5.97 Å². The van der Waals surface area contributed by atoms with Crippen LogP contribution in [0.3, 0.4) is 0 Å². The maximum Gasteiger partial charge on any atom is 0.342 e. The molecule has 0 radical (unpaired) electrons. The van der Waals surface area contributed by atoms with Crippen LogP contribution in [-0.4, -0.2) is 40.5 Å². The number of phenolic OH excluding ortho intramolecular Hbond substituents is 1. The van der Waals surface area contributed by atoms with E-state index < -0.39 is 24.3 Å². The largest absolute Gasteiger partial charge is 0.508 e. The fourth-order valence-corrected chi connectivity index (χ4v) is 1.93. The van der Waals surface area contributed by atoms with Gasteiger partial charge in [-0.3, -0.25) is 4.79 Å². The van der Waals surface area contributed by atoms with Gasteiger partial charge < -0.3 is 14.6 Å². The number of benzene rings is 1. The number of nitrogens with zero attached hydrogens (tertiary/aromatic N) is 4. The van der Waals surface area contributed by atoms with Gasteiger partial charge in [0.25, 0.3) is 0 Å². The van der Waals surface area contributed by atoms with Crippen molar-refractivity contribution in [2.24, 2.45) is 0 Å². The Balaban J connectivity index is 2.18. The van der Waals surface area contributed by atoms with Crippen LogP contribution in [0, 0.1) is 22.7 Å². The molecule has 1 atom stereocenters. The van der Waals surface area contributed by atoms with Crippen molar-refractivity contribution in [3.8, 4) is 23.6 Å². The number of aromatic nitrogens is 2. The Morgan fingerprint density at radius 3 is 2.54 bits per heavy atom. The highest BCUT2D eigenvalue weighted by Crippen LogP contribution is 2.18. The van der Waals surface area contributed by atoms with Gasteiger partial charge in [0.05, 0.1) is 13.2 Å². The van der Waals surface area contributed by atoms with Crippen LogP contribution in [0.2, 0.25) is 0 Å². The normalized spacial score (nSPS) is 10.9. The second-order valence-corrected chi connectivity index (χ2v) is 4.90. The maximum absolute atomic E-state index is 12.2. The molecule has 2 aromatic rings. The van der Waals surface area contributed by atoms with E-state index >= 15 is 0 Å². The minimum Gasteiger partial charge on any atom is -0.508 e. The number of esters is 1. The number of methoxy groups -OCH3 is 1. The molecule has 0 bridgehead atoms. The molecule has 0 saturated heterocycles. The Hall–Kier alpha value is -3.98. The number of Topliss-reactive ketones (excluding diaryl/α,β-unsaturated/α-hetero) is 1. The smallest absolute Gasteiger partial charge is 0.342 e. The van der Waals surface area contributed by atoms with Crippen LogP contribution in [0.15, 0.2) is 30.5 Å². The van der Waals surface area contributed by atoms with Gasteiger partial charge in [0, 0.05) is 6.20 Å². The van der Waals surface area contributed by atoms with Gasteiger partial charge in [-0.1, -0.05) is 0 Å². The zero-order valence-electron chi connectivity index (χ0n) is 13.5. The third-order valence-electron chi connectivity index (χ3n) is 3.25. The summed E-state index contributed by atoms with van der Waals surface area (Å²) in [5.74, 6) is -2.64. The van der Waals surface area contributed by atoms with Gasteiger partial charge in [-0.25, -0.2) is 14.8 Å². The molecule has 9 heteroatoms. The minimum absolute atomic E-state index is 0.0432. The second kappa shape index (κ2) is 8.22. The zero-order valence-corrected chi connectivity index (χ0v) is 13.5. The standard InChI is InChI=1S/C17H12N4O5/c1-25-17(24)13-8-20-16(21-14(13)7-19)12(6-18)15(23)9-26-11-4-2-10(22)3-5-11/h2-5,8,12,22H,9H2,1H3. The number of carbonyl (C=O) groups is 2. The highest BCUT2D eigenvalue weighted by Gasteiger charge is 2.26. The molecule has 0 aliphatic rings. The first kappa shape index (κ1) is 18.4. The molecular weight excluding hydrogens is 340 g/mol. The van der Waals surface area contributed by atoms with Crippen LogP contribution in [0.1, 0.15) is 27.8 Å². The first-order valence-electron chi connectivity index (χ1n) is 7.19. The monoisotopic (exact) mass is 352 g/mol. The van der Waals surface area contributed by atoms with Gasteiger partial charge in [-0.15, -0.1) is 0 Å². The van der Waals surface area contributed by atoms with Gasteiger partial charge in [0.15, 0.2) is 23.2 Å². The number of hydrogen-bond donors (Lipinski definition) is 1. The third kappa shape index (κ3) is 4.10. The first-order valence-corrected chi connectivity index (χ1v) is 7.19. The van der Waals surface area contributed by atoms with Crippen LogP contribution in [-0.2, 0) is 9.53 Å². The molecule has 1 N–H and O–H groups in total. The fraction of sp³-hybridized carbons (Fsp3) is 0.176. The molecule has 1 aromatic carbocycles. The average Bonchev–Trinajstić information content (AvgIpc) is 2.67. The molecule has 1 aromatic heterocycles. The lowest BCUT2D eigenvalue weighted by Crippen LogP contribution is -2.22. The van der Waals surface area contributed by atoms with E-state index in [0.29, 0.717) is 5.75 Å². The summed E-state index contributed by atoms with van der Waals surface area (Å²) in [6, 6.07) is 9.15. The fourth-order valence-electron chi connectivity index (χ4n) is 1.93. The molecule has 9 nitrogen and oxygen atoms in total. The van der Waals surface area contributed by atoms with Crippen molar-refractivity contribution in [2.45, 2.75) is 5.92 Å². The van der Waals surface area contributed by atoms with E-state index in [-0.39, 0.29) is 22.8 Å². The van der Waals surface area contributed by atoms with Crippen molar-refractivity contribution >= 4 is 11.8 Å². The lowest BCUT2D eigenvalue weighted by atomic mass is 10.1. The number of hydrogen-bond acceptors (Lipinski definition) is 9. The van der Waals surface area contributed by atoms with Crippen molar-refractivity contribution in [3.05, 3.63) is 47.5 Å². The number of nitriles is 2. The molecule has 0 fully saturated rings. The SMILES string of the molecule is COC(=O)c1cnc(C(C#N)C(=O)COc2ccc(O)cc2)nc1C#N. The highest BCUT2D eigenvalue weighted by molar-refractivity contribution is 5.92. The number of ether oxygens (including phenoxy) is 2. The van der Waals surface area contributed by atoms with Crippen LogP contribution >= 0.6 is 0 Å². The van der Waals surface area contributed by atoms with Crippen LogP contribution in [0.4, 0.5) is 0 Å². The van der Waals surface area contributed by atoms with E-state index in [0.717, 1.165) is 13.3 Å². The molecule has 0 amide bonds. The third-order valence-corrected chi connectivity index (χ3v) is 3.25. The van der Waals surface area contributed by atoms with Crippen molar-refractivity contribution in [2.75, 3.05) is 13.7 Å². The highest BCUT2D eigenvalue weighted by atomic mass is 16.5. The molecule has 0 aliphatic carbocycles. The summed E-state index contributed by atoms with van der Waals surface area (Å²) in [6.07, 6.45) is 1.03. The summed E-state index contributed by atoms with van der Waals surface area (Å²) in [5.41, 5.74) is -0.461. The number of carbonyl (C=O) groups excluding carboxylic acids is 2. The molecule has 0 saturated carbocycles.